The molecule has 0 aromatic carbocycles. The van der Waals surface area contributed by atoms with Crippen LogP contribution in [0.25, 0.3) is 0 Å². The molecule has 0 radical (unpaired) electrons. The lowest BCUT2D eigenvalue weighted by Gasteiger charge is -2.11. The highest BCUT2D eigenvalue weighted by Crippen LogP contribution is 2.13. The highest BCUT2D eigenvalue weighted by molar-refractivity contribution is 5.96. The molecule has 2 aromatic heterocycles. The van der Waals surface area contributed by atoms with Crippen molar-refractivity contribution in [3.8, 4) is 0 Å². The first-order valence-corrected chi connectivity index (χ1v) is 5.40. The smallest absolute Gasteiger partial charge is 0.255 e. The zero-order valence-electron chi connectivity index (χ0n) is 10.0. The van der Waals surface area contributed by atoms with Crippen LogP contribution in [0.4, 0.5) is 0 Å². The molecule has 2 rings (SSSR count). The van der Waals surface area contributed by atoms with E-state index in [2.05, 4.69) is 25.7 Å². The number of nitrogens with one attached hydrogen (secondary N) is 3. The summed E-state index contributed by atoms with van der Waals surface area (Å²) in [6.45, 7) is 5.55. The average Bonchev–Trinajstić information content (AvgIpc) is 2.88. The Balaban J connectivity index is 2.12. The fourth-order valence-corrected chi connectivity index (χ4v) is 1.74. The number of hydrogen-bond donors (Lipinski definition) is 3. The summed E-state index contributed by atoms with van der Waals surface area (Å²) in [6.07, 6.45) is 3.46. The van der Waals surface area contributed by atoms with Crippen molar-refractivity contribution in [2.75, 3.05) is 0 Å². The van der Waals surface area contributed by atoms with Crippen molar-refractivity contribution in [1.29, 1.82) is 0 Å². The molecule has 6 heteroatoms. The van der Waals surface area contributed by atoms with Crippen molar-refractivity contribution >= 4 is 5.91 Å². The number of carbonyl (C=O) groups is 1. The van der Waals surface area contributed by atoms with Crippen LogP contribution in [0.15, 0.2) is 12.4 Å². The number of aromatic amines is 2. The highest BCUT2D eigenvalue weighted by Gasteiger charge is 2.17. The molecule has 0 aliphatic carbocycles. The van der Waals surface area contributed by atoms with E-state index in [0.29, 0.717) is 11.3 Å². The van der Waals surface area contributed by atoms with Gasteiger partial charge in [-0.15, -0.1) is 0 Å². The molecule has 17 heavy (non-hydrogen) atoms. The van der Waals surface area contributed by atoms with Gasteiger partial charge >= 0.3 is 0 Å². The largest absolute Gasteiger partial charge is 0.345 e. The predicted octanol–water partition coefficient (Wildman–Crippen LogP) is 1.24. The van der Waals surface area contributed by atoms with Gasteiger partial charge in [-0.3, -0.25) is 15.0 Å². The molecule has 0 aliphatic heterocycles. The number of amides is 1. The van der Waals surface area contributed by atoms with E-state index >= 15 is 0 Å². The lowest BCUT2D eigenvalue weighted by atomic mass is 10.1. The molecule has 0 fully saturated rings. The standard InChI is InChI=1S/C11H15N5O/c1-6(9-4-12-13-5-9)14-11(17)10-7(2)15-16-8(10)3/h4-6H,1-3H3,(H,12,13)(H,14,17)(H,15,16). The van der Waals surface area contributed by atoms with E-state index in [1.165, 1.54) is 0 Å². The first-order chi connectivity index (χ1) is 8.09. The van der Waals surface area contributed by atoms with Crippen molar-refractivity contribution in [1.82, 2.24) is 25.7 Å². The minimum Gasteiger partial charge on any atom is -0.345 e. The van der Waals surface area contributed by atoms with Crippen LogP contribution < -0.4 is 5.32 Å². The third-order valence-electron chi connectivity index (χ3n) is 2.72. The van der Waals surface area contributed by atoms with Gasteiger partial charge in [-0.05, 0) is 20.8 Å². The number of aromatic nitrogens is 4. The summed E-state index contributed by atoms with van der Waals surface area (Å²) in [4.78, 5) is 12.1. The number of H-pyrrole nitrogens is 2. The van der Waals surface area contributed by atoms with Gasteiger partial charge in [0.05, 0.1) is 23.5 Å². The number of rotatable bonds is 3. The van der Waals surface area contributed by atoms with Crippen LogP contribution in [-0.2, 0) is 0 Å². The first-order valence-electron chi connectivity index (χ1n) is 5.40. The summed E-state index contributed by atoms with van der Waals surface area (Å²) in [6, 6.07) is -0.0880. The van der Waals surface area contributed by atoms with Crippen LogP contribution >= 0.6 is 0 Å². The number of carbonyl (C=O) groups excluding carboxylic acids is 1. The Hall–Kier alpha value is -2.11. The molecule has 1 atom stereocenters. The normalized spacial score (nSPS) is 12.4. The van der Waals surface area contributed by atoms with Crippen molar-refractivity contribution in [3.63, 3.8) is 0 Å². The third kappa shape index (κ3) is 2.20. The van der Waals surface area contributed by atoms with E-state index in [1.54, 1.807) is 19.3 Å². The Morgan fingerprint density at radius 2 is 2.24 bits per heavy atom. The molecule has 0 spiro atoms. The lowest BCUT2D eigenvalue weighted by molar-refractivity contribution is 0.0939. The van der Waals surface area contributed by atoms with E-state index in [-0.39, 0.29) is 11.9 Å². The zero-order chi connectivity index (χ0) is 12.4. The van der Waals surface area contributed by atoms with Gasteiger partial charge in [0.15, 0.2) is 0 Å². The Morgan fingerprint density at radius 3 is 2.76 bits per heavy atom. The van der Waals surface area contributed by atoms with E-state index in [4.69, 9.17) is 0 Å². The second-order valence-electron chi connectivity index (χ2n) is 4.04. The fourth-order valence-electron chi connectivity index (χ4n) is 1.74. The average molecular weight is 233 g/mol. The molecular weight excluding hydrogens is 218 g/mol. The minimum absolute atomic E-state index is 0.0880. The topological polar surface area (TPSA) is 86.5 Å². The molecule has 2 aromatic rings. The third-order valence-corrected chi connectivity index (χ3v) is 2.72. The van der Waals surface area contributed by atoms with Crippen LogP contribution in [0, 0.1) is 13.8 Å². The maximum Gasteiger partial charge on any atom is 0.255 e. The first kappa shape index (κ1) is 11.4. The molecule has 0 saturated carbocycles. The second-order valence-corrected chi connectivity index (χ2v) is 4.04. The van der Waals surface area contributed by atoms with Gasteiger partial charge in [0, 0.05) is 17.5 Å². The van der Waals surface area contributed by atoms with Gasteiger partial charge in [0.25, 0.3) is 5.91 Å². The molecular formula is C11H15N5O. The van der Waals surface area contributed by atoms with E-state index in [9.17, 15) is 4.79 Å². The Labute approximate surface area is 98.8 Å². The van der Waals surface area contributed by atoms with Gasteiger partial charge in [-0.2, -0.15) is 10.2 Å². The monoisotopic (exact) mass is 233 g/mol. The molecule has 0 bridgehead atoms. The summed E-state index contributed by atoms with van der Waals surface area (Å²) >= 11 is 0. The molecule has 90 valence electrons. The van der Waals surface area contributed by atoms with E-state index in [1.807, 2.05) is 13.8 Å². The van der Waals surface area contributed by atoms with Crippen molar-refractivity contribution in [2.24, 2.45) is 0 Å². The van der Waals surface area contributed by atoms with Crippen molar-refractivity contribution in [3.05, 3.63) is 34.9 Å². The molecule has 6 nitrogen and oxygen atoms in total. The summed E-state index contributed by atoms with van der Waals surface area (Å²) in [7, 11) is 0. The predicted molar refractivity (Wildman–Crippen MR) is 62.5 cm³/mol. The molecule has 0 aliphatic rings. The SMILES string of the molecule is Cc1n[nH]c(C)c1C(=O)NC(C)c1cn[nH]c1. The van der Waals surface area contributed by atoms with Crippen LogP contribution in [0.3, 0.4) is 0 Å². The summed E-state index contributed by atoms with van der Waals surface area (Å²) in [5, 5.41) is 16.3. The van der Waals surface area contributed by atoms with E-state index < -0.39 is 0 Å². The van der Waals surface area contributed by atoms with Gasteiger partial charge < -0.3 is 5.32 Å². The maximum absolute atomic E-state index is 12.1. The second kappa shape index (κ2) is 4.40. The van der Waals surface area contributed by atoms with Crippen LogP contribution in [0.2, 0.25) is 0 Å². The maximum atomic E-state index is 12.1. The van der Waals surface area contributed by atoms with Crippen LogP contribution in [-0.4, -0.2) is 26.3 Å². The van der Waals surface area contributed by atoms with Gasteiger partial charge in [0.2, 0.25) is 0 Å². The minimum atomic E-state index is -0.123. The van der Waals surface area contributed by atoms with Gasteiger partial charge in [0.1, 0.15) is 0 Å². The number of hydrogen-bond acceptors (Lipinski definition) is 3. The molecule has 2 heterocycles. The van der Waals surface area contributed by atoms with Crippen LogP contribution in [0.1, 0.15) is 40.3 Å². The quantitative estimate of drug-likeness (QED) is 0.745. The molecule has 3 N–H and O–H groups in total. The molecule has 1 unspecified atom stereocenters. The Morgan fingerprint density at radius 1 is 1.47 bits per heavy atom. The number of nitrogens with zero attached hydrogens (tertiary/aromatic N) is 2. The van der Waals surface area contributed by atoms with Crippen molar-refractivity contribution < 1.29 is 4.79 Å². The van der Waals surface area contributed by atoms with Gasteiger partial charge in [-0.1, -0.05) is 0 Å². The zero-order valence-corrected chi connectivity index (χ0v) is 10.0. The fraction of sp³-hybridized carbons (Fsp3) is 0.364. The van der Waals surface area contributed by atoms with Gasteiger partial charge in [-0.25, -0.2) is 0 Å². The highest BCUT2D eigenvalue weighted by atomic mass is 16.1. The Bertz CT molecular complexity index is 494. The molecule has 0 saturated heterocycles. The van der Waals surface area contributed by atoms with E-state index in [0.717, 1.165) is 11.3 Å². The number of aryl methyl sites for hydroxylation is 2. The molecule has 1 amide bonds. The van der Waals surface area contributed by atoms with Crippen molar-refractivity contribution in [2.45, 2.75) is 26.8 Å². The summed E-state index contributed by atoms with van der Waals surface area (Å²) in [5.41, 5.74) is 3.04. The lowest BCUT2D eigenvalue weighted by Crippen LogP contribution is -2.27. The summed E-state index contributed by atoms with van der Waals surface area (Å²) < 4.78 is 0. The summed E-state index contributed by atoms with van der Waals surface area (Å²) in [5.74, 6) is -0.123. The Kier molecular flexibility index (Phi) is 2.95. The van der Waals surface area contributed by atoms with Crippen LogP contribution in [0.5, 0.6) is 0 Å².